The number of benzene rings is 1. The minimum atomic E-state index is -3.08. The minimum absolute atomic E-state index is 0.0177. The third-order valence-corrected chi connectivity index (χ3v) is 8.81. The molecule has 0 aliphatic carbocycles. The van der Waals surface area contributed by atoms with Crippen molar-refractivity contribution in [2.75, 3.05) is 50.8 Å². The van der Waals surface area contributed by atoms with Crippen LogP contribution >= 0.6 is 11.8 Å². The molecule has 0 saturated carbocycles. The van der Waals surface area contributed by atoms with Gasteiger partial charge in [-0.1, -0.05) is 0 Å². The van der Waals surface area contributed by atoms with Crippen LogP contribution in [0.3, 0.4) is 0 Å². The van der Waals surface area contributed by atoms with Crippen molar-refractivity contribution in [3.05, 3.63) is 48.1 Å². The monoisotopic (exact) mass is 641 g/mol. The van der Waals surface area contributed by atoms with Crippen LogP contribution in [0.15, 0.2) is 58.0 Å². The highest BCUT2D eigenvalue weighted by Crippen LogP contribution is 2.38. The highest BCUT2D eigenvalue weighted by molar-refractivity contribution is 7.98. The second-order valence-corrected chi connectivity index (χ2v) is 11.7. The molecule has 5 heterocycles. The lowest BCUT2D eigenvalue weighted by molar-refractivity contribution is -0.134. The van der Waals surface area contributed by atoms with E-state index in [0.717, 1.165) is 24.3 Å². The van der Waals surface area contributed by atoms with E-state index in [9.17, 15) is 23.2 Å². The molecule has 0 unspecified atom stereocenters. The van der Waals surface area contributed by atoms with Crippen molar-refractivity contribution in [3.63, 3.8) is 0 Å². The van der Waals surface area contributed by atoms with Gasteiger partial charge in [-0.3, -0.25) is 29.0 Å². The van der Waals surface area contributed by atoms with Crippen LogP contribution in [0.1, 0.15) is 12.8 Å². The molecule has 4 aliphatic rings. The topological polar surface area (TPSA) is 136 Å². The van der Waals surface area contributed by atoms with Crippen molar-refractivity contribution >= 4 is 41.4 Å². The maximum atomic E-state index is 13.5. The number of carbonyl (C=O) groups is 3. The van der Waals surface area contributed by atoms with Crippen LogP contribution in [0.5, 0.6) is 5.75 Å². The number of hydrogen-bond acceptors (Lipinski definition) is 10. The molecule has 1 aromatic heterocycles. The van der Waals surface area contributed by atoms with Gasteiger partial charge >= 0.3 is 6.61 Å². The van der Waals surface area contributed by atoms with E-state index in [1.54, 1.807) is 40.5 Å². The van der Waals surface area contributed by atoms with Crippen molar-refractivity contribution in [2.24, 2.45) is 4.99 Å². The van der Waals surface area contributed by atoms with Crippen molar-refractivity contribution in [2.45, 2.75) is 36.9 Å². The highest BCUT2D eigenvalue weighted by atomic mass is 32.2. The lowest BCUT2D eigenvalue weighted by Crippen LogP contribution is -2.54. The molecule has 0 atom stereocenters. The smallest absolute Gasteiger partial charge is 0.387 e. The molecule has 0 bridgehead atoms. The molecule has 2 aromatic rings. The molecular formula is C29H33F2N9O4S. The number of aromatic nitrogens is 2. The second-order valence-electron chi connectivity index (χ2n) is 10.8. The van der Waals surface area contributed by atoms with E-state index < -0.39 is 12.5 Å². The Labute approximate surface area is 262 Å². The number of thioether (sulfide) groups is 1. The molecule has 0 spiro atoms. The van der Waals surface area contributed by atoms with Gasteiger partial charge in [-0.15, -0.1) is 11.8 Å². The molecule has 2 saturated heterocycles. The summed E-state index contributed by atoms with van der Waals surface area (Å²) in [6, 6.07) is 4.99. The van der Waals surface area contributed by atoms with E-state index in [4.69, 9.17) is 4.74 Å². The van der Waals surface area contributed by atoms with Gasteiger partial charge in [0.05, 0.1) is 17.8 Å². The Bertz CT molecular complexity index is 1570. The largest absolute Gasteiger partial charge is 0.434 e. The number of allylic oxidation sites excluding steroid dienone is 1. The van der Waals surface area contributed by atoms with E-state index >= 15 is 0 Å². The molecular weight excluding hydrogens is 608 g/mol. The minimum Gasteiger partial charge on any atom is -0.434 e. The van der Waals surface area contributed by atoms with Crippen LogP contribution in [0.4, 0.5) is 14.5 Å². The number of alkyl halides is 2. The van der Waals surface area contributed by atoms with Crippen molar-refractivity contribution < 1.29 is 27.9 Å². The summed E-state index contributed by atoms with van der Waals surface area (Å²) in [7, 11) is 0. The highest BCUT2D eigenvalue weighted by Gasteiger charge is 2.31. The first-order valence-electron chi connectivity index (χ1n) is 14.6. The number of nitrogens with one attached hydrogen (secondary N) is 3. The van der Waals surface area contributed by atoms with Gasteiger partial charge in [0.2, 0.25) is 11.8 Å². The van der Waals surface area contributed by atoms with Crippen LogP contribution in [-0.4, -0.2) is 107 Å². The normalized spacial score (nSPS) is 18.9. The average Bonchev–Trinajstić information content (AvgIpc) is 3.65. The molecule has 45 heavy (non-hydrogen) atoms. The fourth-order valence-electron chi connectivity index (χ4n) is 5.85. The zero-order valence-electron chi connectivity index (χ0n) is 24.5. The number of anilines is 1. The molecule has 1 aromatic carbocycles. The van der Waals surface area contributed by atoms with Gasteiger partial charge in [0.15, 0.2) is 5.82 Å². The lowest BCUT2D eigenvalue weighted by Gasteiger charge is -2.39. The number of hydrogen-bond donors (Lipinski definition) is 3. The first-order valence-corrected chi connectivity index (χ1v) is 15.8. The number of carbonyl (C=O) groups excluding carboxylic acids is 3. The average molecular weight is 642 g/mol. The number of rotatable bonds is 9. The second kappa shape index (κ2) is 13.4. The summed E-state index contributed by atoms with van der Waals surface area (Å²) >= 11 is 1.41. The van der Waals surface area contributed by atoms with Crippen LogP contribution in [0, 0.1) is 0 Å². The van der Waals surface area contributed by atoms with Crippen LogP contribution in [-0.2, 0) is 20.9 Å². The summed E-state index contributed by atoms with van der Waals surface area (Å²) in [5, 5.41) is 11.9. The van der Waals surface area contributed by atoms with E-state index in [0.29, 0.717) is 37.6 Å². The molecule has 16 heteroatoms. The number of fused-ring (bicyclic) bond motifs is 1. The van der Waals surface area contributed by atoms with Gasteiger partial charge in [-0.25, -0.2) is 10.4 Å². The number of halogens is 2. The molecule has 4 aliphatic heterocycles. The Hall–Kier alpha value is -4.28. The first kappa shape index (κ1) is 30.7. The Morgan fingerprint density at radius 3 is 2.80 bits per heavy atom. The summed E-state index contributed by atoms with van der Waals surface area (Å²) in [6.45, 7) is -0.107. The number of hydrazine groups is 1. The SMILES string of the molecule is CSc1ccc(OC(F)F)c(-c2nn(CC(=O)N3CCC(N4CCNC(=O)C4)CC3)cc2NC(=O)C2=C3N=CC=CN3NC2)c1. The van der Waals surface area contributed by atoms with Gasteiger partial charge in [-0.05, 0) is 43.4 Å². The molecule has 2 fully saturated rings. The third kappa shape index (κ3) is 6.87. The Kier molecular flexibility index (Phi) is 9.14. The Morgan fingerprint density at radius 2 is 2.04 bits per heavy atom. The van der Waals surface area contributed by atoms with Crippen molar-refractivity contribution in [1.82, 2.24) is 35.3 Å². The number of likely N-dealkylation sites (tertiary alicyclic amines) is 1. The summed E-state index contributed by atoms with van der Waals surface area (Å²) in [5.41, 5.74) is 4.10. The molecule has 3 amide bonds. The fraction of sp³-hybridized carbons (Fsp3) is 0.414. The summed E-state index contributed by atoms with van der Waals surface area (Å²) in [4.78, 5) is 47.7. The number of piperazine rings is 1. The number of aliphatic imine (C=N–C) groups is 1. The molecule has 0 radical (unpaired) electrons. The van der Waals surface area contributed by atoms with E-state index in [1.807, 2.05) is 6.26 Å². The van der Waals surface area contributed by atoms with Crippen LogP contribution in [0.25, 0.3) is 11.3 Å². The third-order valence-electron chi connectivity index (χ3n) is 8.08. The Morgan fingerprint density at radius 1 is 1.22 bits per heavy atom. The number of ether oxygens (including phenoxy) is 1. The van der Waals surface area contributed by atoms with Gasteiger partial charge in [0.1, 0.15) is 18.0 Å². The quantitative estimate of drug-likeness (QED) is 0.351. The van der Waals surface area contributed by atoms with Crippen LogP contribution in [0.2, 0.25) is 0 Å². The molecule has 238 valence electrons. The van der Waals surface area contributed by atoms with Crippen molar-refractivity contribution in [3.8, 4) is 17.0 Å². The molecule has 3 N–H and O–H groups in total. The van der Waals surface area contributed by atoms with Gasteiger partial charge in [-0.2, -0.15) is 13.9 Å². The summed E-state index contributed by atoms with van der Waals surface area (Å²) < 4.78 is 33.0. The van der Waals surface area contributed by atoms with Gasteiger partial charge < -0.3 is 20.3 Å². The van der Waals surface area contributed by atoms with Crippen molar-refractivity contribution in [1.29, 1.82) is 0 Å². The van der Waals surface area contributed by atoms with E-state index in [1.165, 1.54) is 28.7 Å². The van der Waals surface area contributed by atoms with E-state index in [2.05, 4.69) is 31.1 Å². The maximum Gasteiger partial charge on any atom is 0.387 e. The Balaban J connectivity index is 1.24. The van der Waals surface area contributed by atoms with Gasteiger partial charge in [0.25, 0.3) is 5.91 Å². The number of piperidine rings is 1. The summed E-state index contributed by atoms with van der Waals surface area (Å²) in [5.74, 6) is -0.267. The predicted molar refractivity (Wildman–Crippen MR) is 163 cm³/mol. The zero-order valence-corrected chi connectivity index (χ0v) is 25.4. The molecule has 6 rings (SSSR count). The predicted octanol–water partition coefficient (Wildman–Crippen LogP) is 1.86. The number of nitrogens with zero attached hydrogens (tertiary/aromatic N) is 6. The first-order chi connectivity index (χ1) is 21.8. The van der Waals surface area contributed by atoms with Crippen LogP contribution < -0.4 is 20.8 Å². The molecule has 13 nitrogen and oxygen atoms in total. The fourth-order valence-corrected chi connectivity index (χ4v) is 6.29. The van der Waals surface area contributed by atoms with Gasteiger partial charge in [0, 0.05) is 67.8 Å². The van der Waals surface area contributed by atoms with E-state index in [-0.39, 0.29) is 53.6 Å². The summed E-state index contributed by atoms with van der Waals surface area (Å²) in [6.07, 6.45) is 9.93. The number of amides is 3. The zero-order chi connectivity index (χ0) is 31.5. The maximum absolute atomic E-state index is 13.5. The standard InChI is InChI=1S/C29H33F2N9O4S/c1-45-19-3-4-23(44-29(30)31)20(13-19)26-22(35-28(43)21-14-34-40-9-2-7-33-27(21)40)15-39(36-26)17-25(42)37-10-5-18(6-11-37)38-12-8-32-24(41)16-38/h2-4,7,9,13,15,18,29,34H,5-6,8,10-12,14,16-17H2,1H3,(H,32,41)(H,35,43). The lowest BCUT2D eigenvalue weighted by atomic mass is 10.0.